The first kappa shape index (κ1) is 22.2. The van der Waals surface area contributed by atoms with Gasteiger partial charge in [-0.1, -0.05) is 59.8 Å². The maximum absolute atomic E-state index is 2.58. The zero-order valence-corrected chi connectivity index (χ0v) is 19.7. The number of nitrogens with one attached hydrogen (secondary N) is 1. The monoisotopic (exact) mass is 412 g/mol. The highest BCUT2D eigenvalue weighted by Gasteiger charge is 2.37. The van der Waals surface area contributed by atoms with Crippen molar-refractivity contribution in [1.29, 1.82) is 0 Å². The molecule has 29 heavy (non-hydrogen) atoms. The molecule has 1 aliphatic carbocycles. The van der Waals surface area contributed by atoms with Gasteiger partial charge in [-0.3, -0.25) is 9.80 Å². The molecule has 1 fully saturated rings. The van der Waals surface area contributed by atoms with E-state index in [4.69, 9.17) is 0 Å². The van der Waals surface area contributed by atoms with Gasteiger partial charge in [-0.15, -0.1) is 0 Å². The van der Waals surface area contributed by atoms with Crippen LogP contribution >= 0.6 is 0 Å². The summed E-state index contributed by atoms with van der Waals surface area (Å²) in [6.45, 7) is 15.1. The van der Waals surface area contributed by atoms with Crippen LogP contribution in [0.2, 0.25) is 0 Å². The molecule has 3 heteroatoms. The molecule has 0 radical (unpaired) electrons. The van der Waals surface area contributed by atoms with E-state index >= 15 is 0 Å². The average Bonchev–Trinajstić information content (AvgIpc) is 3.02. The highest BCUT2D eigenvalue weighted by Crippen LogP contribution is 2.40. The van der Waals surface area contributed by atoms with E-state index in [0.717, 1.165) is 12.7 Å². The normalized spacial score (nSPS) is 21.3. The Bertz CT molecular complexity index is 811. The number of fused-ring (bicyclic) bond motifs is 1. The third kappa shape index (κ3) is 4.07. The van der Waals surface area contributed by atoms with Crippen molar-refractivity contribution in [2.24, 2.45) is 0 Å². The van der Waals surface area contributed by atoms with Crippen LogP contribution in [0, 0.1) is 0 Å². The second-order valence-electron chi connectivity index (χ2n) is 9.81. The molecule has 1 unspecified atom stereocenters. The van der Waals surface area contributed by atoms with E-state index in [1.807, 2.05) is 0 Å². The molecule has 0 aromatic heterocycles. The van der Waals surface area contributed by atoms with Crippen LogP contribution in [0.1, 0.15) is 101 Å². The Morgan fingerprint density at radius 2 is 1.55 bits per heavy atom. The highest BCUT2D eigenvalue weighted by molar-refractivity contribution is 5.75. The summed E-state index contributed by atoms with van der Waals surface area (Å²) >= 11 is 0. The number of halogens is 1. The molecule has 0 spiro atoms. The quantitative estimate of drug-likeness (QED) is 0.780. The zero-order valence-electron chi connectivity index (χ0n) is 18.9. The van der Waals surface area contributed by atoms with Crippen molar-refractivity contribution >= 4 is 5.70 Å². The van der Waals surface area contributed by atoms with Crippen LogP contribution in [0.25, 0.3) is 5.70 Å². The Morgan fingerprint density at radius 3 is 2.03 bits per heavy atom. The SMILES string of the molecule is CC(C)c1cc(C(C)C)c(C2=CC=CC3=C[NH+](C4CCC4)CN32)c(C(C)C)c1.[Cl-]. The van der Waals surface area contributed by atoms with E-state index in [9.17, 15) is 0 Å². The Kier molecular flexibility index (Phi) is 6.65. The summed E-state index contributed by atoms with van der Waals surface area (Å²) in [7, 11) is 0. The van der Waals surface area contributed by atoms with Crippen molar-refractivity contribution in [2.45, 2.75) is 84.6 Å². The van der Waals surface area contributed by atoms with Gasteiger partial charge in [0.25, 0.3) is 0 Å². The van der Waals surface area contributed by atoms with Crippen molar-refractivity contribution in [3.05, 3.63) is 64.5 Å². The van der Waals surface area contributed by atoms with E-state index in [1.165, 1.54) is 52.9 Å². The predicted molar refractivity (Wildman–Crippen MR) is 119 cm³/mol. The number of benzene rings is 1. The van der Waals surface area contributed by atoms with Crippen LogP contribution in [0.3, 0.4) is 0 Å². The fourth-order valence-electron chi connectivity index (χ4n) is 4.77. The Labute approximate surface area is 183 Å². The third-order valence-electron chi connectivity index (χ3n) is 6.82. The molecule has 0 bridgehead atoms. The second kappa shape index (κ2) is 8.70. The van der Waals surface area contributed by atoms with Gasteiger partial charge in [-0.2, -0.15) is 0 Å². The van der Waals surface area contributed by atoms with Crippen molar-refractivity contribution < 1.29 is 17.3 Å². The molecule has 0 amide bonds. The lowest BCUT2D eigenvalue weighted by Crippen LogP contribution is -3.12. The summed E-state index contributed by atoms with van der Waals surface area (Å²) in [6.07, 6.45) is 13.5. The summed E-state index contributed by atoms with van der Waals surface area (Å²) in [5, 5.41) is 0. The fourth-order valence-corrected chi connectivity index (χ4v) is 4.77. The van der Waals surface area contributed by atoms with Gasteiger partial charge in [0.05, 0.1) is 17.4 Å². The zero-order chi connectivity index (χ0) is 20.0. The van der Waals surface area contributed by atoms with Crippen molar-refractivity contribution in [3.63, 3.8) is 0 Å². The molecule has 2 heterocycles. The summed E-state index contributed by atoms with van der Waals surface area (Å²) in [5.74, 6) is 1.59. The molecule has 1 saturated carbocycles. The fraction of sp³-hybridized carbons (Fsp3) is 0.538. The lowest BCUT2D eigenvalue weighted by molar-refractivity contribution is -0.881. The number of nitrogens with zero attached hydrogens (tertiary/aromatic N) is 1. The topological polar surface area (TPSA) is 7.68 Å². The standard InChI is InChI=1S/C26H36N2.ClH/c1-17(2)20-13-23(18(3)4)26(24(14-20)19(5)6)25-12-8-11-22-15-27(16-28(22)25)21-9-7-10-21;/h8,11-15,17-19,21H,7,9-10,16H2,1-6H3;1H. The van der Waals surface area contributed by atoms with Gasteiger partial charge in [0.15, 0.2) is 6.67 Å². The molecule has 1 atom stereocenters. The predicted octanol–water partition coefficient (Wildman–Crippen LogP) is 2.52. The first-order chi connectivity index (χ1) is 13.4. The van der Waals surface area contributed by atoms with E-state index in [-0.39, 0.29) is 12.4 Å². The summed E-state index contributed by atoms with van der Waals surface area (Å²) in [5.41, 5.74) is 8.77. The van der Waals surface area contributed by atoms with E-state index in [2.05, 4.69) is 83.0 Å². The van der Waals surface area contributed by atoms with Gasteiger partial charge >= 0.3 is 0 Å². The van der Waals surface area contributed by atoms with Crippen molar-refractivity contribution in [3.8, 4) is 0 Å². The van der Waals surface area contributed by atoms with E-state index in [1.54, 1.807) is 4.90 Å². The summed E-state index contributed by atoms with van der Waals surface area (Å²) in [6, 6.07) is 5.78. The third-order valence-corrected chi connectivity index (χ3v) is 6.82. The molecule has 2 aliphatic heterocycles. The molecule has 1 aromatic rings. The molecular formula is C26H37ClN2. The molecule has 2 nitrogen and oxygen atoms in total. The van der Waals surface area contributed by atoms with Gasteiger partial charge in [0.2, 0.25) is 0 Å². The maximum atomic E-state index is 2.58. The number of quaternary nitrogens is 1. The first-order valence-electron chi connectivity index (χ1n) is 11.3. The summed E-state index contributed by atoms with van der Waals surface area (Å²) < 4.78 is 0. The van der Waals surface area contributed by atoms with Crippen LogP contribution in [0.15, 0.2) is 42.3 Å². The molecule has 1 N–H and O–H groups in total. The Morgan fingerprint density at radius 1 is 0.931 bits per heavy atom. The van der Waals surface area contributed by atoms with Crippen LogP contribution in [0.4, 0.5) is 0 Å². The maximum Gasteiger partial charge on any atom is 0.162 e. The van der Waals surface area contributed by atoms with Gasteiger partial charge in [-0.25, -0.2) is 0 Å². The number of hydrogen-bond acceptors (Lipinski definition) is 1. The molecule has 1 aromatic carbocycles. The minimum atomic E-state index is 0. The first-order valence-corrected chi connectivity index (χ1v) is 11.3. The van der Waals surface area contributed by atoms with Crippen LogP contribution in [-0.4, -0.2) is 17.6 Å². The van der Waals surface area contributed by atoms with Gasteiger partial charge in [0, 0.05) is 18.4 Å². The second-order valence-corrected chi connectivity index (χ2v) is 9.81. The smallest absolute Gasteiger partial charge is 0.162 e. The van der Waals surface area contributed by atoms with Crippen LogP contribution in [0.5, 0.6) is 0 Å². The van der Waals surface area contributed by atoms with Crippen LogP contribution in [-0.2, 0) is 0 Å². The van der Waals surface area contributed by atoms with Gasteiger partial charge in [-0.05, 0) is 53.0 Å². The minimum absolute atomic E-state index is 0. The highest BCUT2D eigenvalue weighted by atomic mass is 35.5. The Hall–Kier alpha value is -1.51. The molecular weight excluding hydrogens is 376 g/mol. The van der Waals surface area contributed by atoms with Crippen LogP contribution < -0.4 is 17.3 Å². The number of rotatable bonds is 5. The van der Waals surface area contributed by atoms with E-state index < -0.39 is 0 Å². The van der Waals surface area contributed by atoms with Gasteiger partial charge < -0.3 is 12.4 Å². The average molecular weight is 413 g/mol. The molecule has 4 rings (SSSR count). The molecule has 0 saturated heterocycles. The van der Waals surface area contributed by atoms with Crippen molar-refractivity contribution in [2.75, 3.05) is 6.67 Å². The molecule has 3 aliphatic rings. The molecule has 158 valence electrons. The lowest BCUT2D eigenvalue weighted by Gasteiger charge is -2.33. The number of allylic oxidation sites excluding steroid dienone is 3. The van der Waals surface area contributed by atoms with E-state index in [0.29, 0.717) is 17.8 Å². The number of hydrogen-bond donors (Lipinski definition) is 1. The Balaban J connectivity index is 0.00000240. The van der Waals surface area contributed by atoms with Crippen molar-refractivity contribution in [1.82, 2.24) is 4.90 Å². The van der Waals surface area contributed by atoms with Gasteiger partial charge in [0.1, 0.15) is 6.20 Å². The summed E-state index contributed by atoms with van der Waals surface area (Å²) in [4.78, 5) is 4.23. The lowest BCUT2D eigenvalue weighted by atomic mass is 9.82. The minimum Gasteiger partial charge on any atom is -1.00 e. The largest absolute Gasteiger partial charge is 1.00 e.